The Labute approximate surface area is 231 Å². The summed E-state index contributed by atoms with van der Waals surface area (Å²) in [5, 5.41) is 0.0833. The van der Waals surface area contributed by atoms with E-state index < -0.39 is 11.8 Å². The first kappa shape index (κ1) is 26.0. The first-order valence-electron chi connectivity index (χ1n) is 12.5. The maximum Gasteiger partial charge on any atom is 0.270 e. The van der Waals surface area contributed by atoms with E-state index in [-0.39, 0.29) is 16.5 Å². The lowest BCUT2D eigenvalue weighted by Crippen LogP contribution is -2.56. The highest BCUT2D eigenvalue weighted by atomic mass is 32.1. The van der Waals surface area contributed by atoms with E-state index in [0.717, 1.165) is 11.1 Å². The van der Waals surface area contributed by atoms with Gasteiger partial charge < -0.3 is 4.74 Å². The van der Waals surface area contributed by atoms with Gasteiger partial charge in [0, 0.05) is 6.42 Å². The Kier molecular flexibility index (Phi) is 7.61. The van der Waals surface area contributed by atoms with Crippen LogP contribution in [0.25, 0.3) is 6.08 Å². The topological polar surface area (TPSA) is 49.9 Å². The molecule has 5 rings (SSSR count). The zero-order valence-electron chi connectivity index (χ0n) is 21.2. The highest BCUT2D eigenvalue weighted by Gasteiger charge is 2.41. The van der Waals surface area contributed by atoms with E-state index >= 15 is 0 Å². The number of hydrogen-bond donors (Lipinski definition) is 0. The van der Waals surface area contributed by atoms with Gasteiger partial charge in [-0.05, 0) is 84.4 Å². The van der Waals surface area contributed by atoms with Crippen LogP contribution in [0.3, 0.4) is 0 Å². The standard InChI is InChI=1S/C32H25FN2O3S/c1-2-38-29-21-23(16-17-24(29)18-22-10-9-11-25(33)19-22)20-28-30(36)34(26-12-5-3-6-13-26)32(39)35(31(28)37)27-14-7-4-8-15-27/h3-17,19-21H,2,18H2,1H3. The zero-order valence-corrected chi connectivity index (χ0v) is 22.0. The second-order valence-electron chi connectivity index (χ2n) is 8.90. The van der Waals surface area contributed by atoms with Crippen LogP contribution in [0.5, 0.6) is 5.75 Å². The predicted molar refractivity (Wildman–Crippen MR) is 155 cm³/mol. The fourth-order valence-electron chi connectivity index (χ4n) is 4.47. The summed E-state index contributed by atoms with van der Waals surface area (Å²) in [5.74, 6) is -0.720. The largest absolute Gasteiger partial charge is 0.494 e. The number of rotatable bonds is 7. The molecule has 0 saturated carbocycles. The quantitative estimate of drug-likeness (QED) is 0.152. The van der Waals surface area contributed by atoms with Crippen molar-refractivity contribution in [1.29, 1.82) is 0 Å². The van der Waals surface area contributed by atoms with Crippen LogP contribution in [0, 0.1) is 5.82 Å². The third-order valence-electron chi connectivity index (χ3n) is 6.26. The first-order valence-corrected chi connectivity index (χ1v) is 12.9. The molecule has 5 nitrogen and oxygen atoms in total. The minimum absolute atomic E-state index is 0.0309. The summed E-state index contributed by atoms with van der Waals surface area (Å²) in [6, 6.07) is 29.9. The molecular formula is C32H25FN2O3S. The van der Waals surface area contributed by atoms with Crippen LogP contribution in [0.2, 0.25) is 0 Å². The van der Waals surface area contributed by atoms with Crippen LogP contribution in [0.15, 0.2) is 109 Å². The monoisotopic (exact) mass is 536 g/mol. The van der Waals surface area contributed by atoms with E-state index in [2.05, 4.69) is 0 Å². The Morgan fingerprint density at radius 1 is 0.795 bits per heavy atom. The number of nitrogens with zero attached hydrogens (tertiary/aromatic N) is 2. The van der Waals surface area contributed by atoms with E-state index in [9.17, 15) is 14.0 Å². The Morgan fingerprint density at radius 2 is 1.41 bits per heavy atom. The van der Waals surface area contributed by atoms with E-state index in [4.69, 9.17) is 17.0 Å². The van der Waals surface area contributed by atoms with Gasteiger partial charge in [-0.2, -0.15) is 0 Å². The first-order chi connectivity index (χ1) is 19.0. The van der Waals surface area contributed by atoms with Gasteiger partial charge in [-0.25, -0.2) is 4.39 Å². The van der Waals surface area contributed by atoms with E-state index in [1.165, 1.54) is 21.9 Å². The molecule has 2 amide bonds. The van der Waals surface area contributed by atoms with Crippen molar-refractivity contribution < 1.29 is 18.7 Å². The smallest absolute Gasteiger partial charge is 0.270 e. The van der Waals surface area contributed by atoms with Crippen LogP contribution in [0.4, 0.5) is 15.8 Å². The molecule has 7 heteroatoms. The number of carbonyl (C=O) groups excluding carboxylic acids is 2. The van der Waals surface area contributed by atoms with Gasteiger partial charge in [0.1, 0.15) is 17.1 Å². The number of carbonyl (C=O) groups is 2. The third kappa shape index (κ3) is 5.49. The van der Waals surface area contributed by atoms with Gasteiger partial charge in [0.15, 0.2) is 5.11 Å². The van der Waals surface area contributed by atoms with Crippen molar-refractivity contribution in [1.82, 2.24) is 0 Å². The minimum Gasteiger partial charge on any atom is -0.494 e. The van der Waals surface area contributed by atoms with Crippen molar-refractivity contribution in [3.63, 3.8) is 0 Å². The summed E-state index contributed by atoms with van der Waals surface area (Å²) in [6.07, 6.45) is 2.03. The minimum atomic E-state index is -0.509. The normalized spacial score (nSPS) is 13.6. The number of halogens is 1. The molecule has 0 aliphatic carbocycles. The van der Waals surface area contributed by atoms with Crippen molar-refractivity contribution in [2.24, 2.45) is 0 Å². The molecule has 0 N–H and O–H groups in total. The van der Waals surface area contributed by atoms with E-state index in [1.54, 1.807) is 42.5 Å². The summed E-state index contributed by atoms with van der Waals surface area (Å²) in [7, 11) is 0. The van der Waals surface area contributed by atoms with Crippen molar-refractivity contribution >= 4 is 46.6 Å². The Bertz CT molecular complexity index is 1510. The molecule has 0 radical (unpaired) electrons. The van der Waals surface area contributed by atoms with E-state index in [0.29, 0.717) is 35.7 Å². The maximum atomic E-state index is 13.7. The molecule has 0 bridgehead atoms. The fraction of sp³-hybridized carbons (Fsp3) is 0.0938. The van der Waals surface area contributed by atoms with Crippen LogP contribution in [-0.2, 0) is 16.0 Å². The number of amides is 2. The molecule has 1 aliphatic rings. The SMILES string of the molecule is CCOc1cc(C=C2C(=O)N(c3ccccc3)C(=S)N(c3ccccc3)C2=O)ccc1Cc1cccc(F)c1. The van der Waals surface area contributed by atoms with E-state index in [1.807, 2.05) is 61.5 Å². The molecule has 0 spiro atoms. The lowest BCUT2D eigenvalue weighted by Gasteiger charge is -2.36. The number of benzene rings is 4. The van der Waals surface area contributed by atoms with Gasteiger partial charge >= 0.3 is 0 Å². The number of hydrogen-bond acceptors (Lipinski definition) is 4. The van der Waals surface area contributed by atoms with Crippen molar-refractivity contribution in [2.45, 2.75) is 13.3 Å². The number of para-hydroxylation sites is 2. The summed E-state index contributed by atoms with van der Waals surface area (Å²) < 4.78 is 19.6. The molecule has 39 heavy (non-hydrogen) atoms. The fourth-order valence-corrected chi connectivity index (χ4v) is 4.85. The molecule has 1 saturated heterocycles. The summed E-state index contributed by atoms with van der Waals surface area (Å²) in [4.78, 5) is 30.2. The predicted octanol–water partition coefficient (Wildman–Crippen LogP) is 6.56. The highest BCUT2D eigenvalue weighted by Crippen LogP contribution is 2.31. The van der Waals surface area contributed by atoms with Gasteiger partial charge in [-0.1, -0.05) is 60.7 Å². The summed E-state index contributed by atoms with van der Waals surface area (Å²) >= 11 is 5.66. The summed E-state index contributed by atoms with van der Waals surface area (Å²) in [5.41, 5.74) is 3.39. The van der Waals surface area contributed by atoms with Gasteiger partial charge in [0.25, 0.3) is 11.8 Å². The Balaban J connectivity index is 1.57. The molecule has 0 atom stereocenters. The van der Waals surface area contributed by atoms with Crippen molar-refractivity contribution in [3.05, 3.63) is 131 Å². The van der Waals surface area contributed by atoms with Crippen molar-refractivity contribution in [3.8, 4) is 5.75 Å². The average Bonchev–Trinajstić information content (AvgIpc) is 2.94. The van der Waals surface area contributed by atoms with Gasteiger partial charge in [-0.3, -0.25) is 19.4 Å². The molecule has 0 unspecified atom stereocenters. The number of ether oxygens (including phenoxy) is 1. The second-order valence-corrected chi connectivity index (χ2v) is 9.26. The molecule has 194 valence electrons. The molecule has 1 heterocycles. The Morgan fingerprint density at radius 3 is 1.97 bits per heavy atom. The molecule has 4 aromatic rings. The maximum absolute atomic E-state index is 13.7. The van der Waals surface area contributed by atoms with Gasteiger partial charge in [-0.15, -0.1) is 0 Å². The Hall–Kier alpha value is -4.62. The zero-order chi connectivity index (χ0) is 27.4. The highest BCUT2D eigenvalue weighted by molar-refractivity contribution is 7.81. The molecule has 1 fully saturated rings. The van der Waals surface area contributed by atoms with Gasteiger partial charge in [0.05, 0.1) is 18.0 Å². The lowest BCUT2D eigenvalue weighted by atomic mass is 10.00. The number of thiocarbonyl (C=S) groups is 1. The average molecular weight is 537 g/mol. The summed E-state index contributed by atoms with van der Waals surface area (Å²) in [6.45, 7) is 2.30. The molecule has 1 aliphatic heterocycles. The van der Waals surface area contributed by atoms with Crippen LogP contribution < -0.4 is 14.5 Å². The molecular weight excluding hydrogens is 511 g/mol. The molecule has 0 aromatic heterocycles. The third-order valence-corrected chi connectivity index (χ3v) is 6.63. The van der Waals surface area contributed by atoms with Crippen LogP contribution in [-0.4, -0.2) is 23.5 Å². The molecule has 4 aromatic carbocycles. The van der Waals surface area contributed by atoms with Crippen LogP contribution >= 0.6 is 12.2 Å². The van der Waals surface area contributed by atoms with Crippen LogP contribution in [0.1, 0.15) is 23.6 Å². The van der Waals surface area contributed by atoms with Crippen molar-refractivity contribution in [2.75, 3.05) is 16.4 Å². The van der Waals surface area contributed by atoms with Gasteiger partial charge in [0.2, 0.25) is 0 Å². The lowest BCUT2D eigenvalue weighted by molar-refractivity contribution is -0.120. The second kappa shape index (κ2) is 11.4. The number of anilines is 2.